The molecule has 0 aliphatic carbocycles. The van der Waals surface area contributed by atoms with E-state index < -0.39 is 35.3 Å². The maximum absolute atomic E-state index is 14.4. The average Bonchev–Trinajstić information content (AvgIpc) is 2.96. The zero-order valence-corrected chi connectivity index (χ0v) is 20.7. The summed E-state index contributed by atoms with van der Waals surface area (Å²) in [5.74, 6) is -3.53. The fraction of sp³-hybridized carbons (Fsp3) is 0.444. The molecular weight excluding hydrogens is 484 g/mol. The van der Waals surface area contributed by atoms with Gasteiger partial charge in [0.2, 0.25) is 5.91 Å². The average molecular weight is 516 g/mol. The number of hydrogen-bond donors (Lipinski definition) is 2. The van der Waals surface area contributed by atoms with E-state index in [1.165, 1.54) is 22.8 Å². The Morgan fingerprint density at radius 1 is 1.16 bits per heavy atom. The maximum Gasteiger partial charge on any atom is 0.308 e. The standard InChI is InChI=1S/C27H31F2N3O5/c1-17(27(35)36)14-31-16-25(33)32(15-19-2-3-20(28)12-23(19)29)24-5-4-21(13-22(24)26(31)34)37-11-8-18-6-9-30-10-7-18/h2-5,12-13,17-18,30H,6-11,14-16H2,1H3,(H,35,36). The Kier molecular flexibility index (Phi) is 8.38. The number of carboxylic acids is 1. The largest absolute Gasteiger partial charge is 0.494 e. The van der Waals surface area contributed by atoms with Gasteiger partial charge in [-0.25, -0.2) is 8.78 Å². The van der Waals surface area contributed by atoms with Crippen molar-refractivity contribution < 1.29 is 33.0 Å². The molecule has 2 N–H and O–H groups in total. The molecule has 0 radical (unpaired) electrons. The Bertz CT molecular complexity index is 1170. The molecule has 0 bridgehead atoms. The fourth-order valence-corrected chi connectivity index (χ4v) is 4.70. The SMILES string of the molecule is CC(CN1CC(=O)N(Cc2ccc(F)cc2F)c2ccc(OCCC3CCNCC3)cc2C1=O)C(=O)O. The molecule has 2 aromatic carbocycles. The second-order valence-electron chi connectivity index (χ2n) is 9.65. The number of rotatable bonds is 9. The minimum Gasteiger partial charge on any atom is -0.494 e. The van der Waals surface area contributed by atoms with Crippen molar-refractivity contribution in [3.63, 3.8) is 0 Å². The number of ether oxygens (including phenoxy) is 1. The number of carbonyl (C=O) groups is 3. The van der Waals surface area contributed by atoms with Crippen LogP contribution in [0.15, 0.2) is 36.4 Å². The van der Waals surface area contributed by atoms with Crippen LogP contribution in [-0.2, 0) is 16.1 Å². The second-order valence-corrected chi connectivity index (χ2v) is 9.65. The first-order chi connectivity index (χ1) is 17.7. The summed E-state index contributed by atoms with van der Waals surface area (Å²) in [4.78, 5) is 40.6. The number of carboxylic acid groups (broad SMARTS) is 1. The van der Waals surface area contributed by atoms with Crippen LogP contribution in [0.3, 0.4) is 0 Å². The normalized spacial score (nSPS) is 17.4. The second kappa shape index (κ2) is 11.7. The first-order valence-corrected chi connectivity index (χ1v) is 12.5. The van der Waals surface area contributed by atoms with Crippen molar-refractivity contribution in [2.45, 2.75) is 32.7 Å². The van der Waals surface area contributed by atoms with Crippen LogP contribution >= 0.6 is 0 Å². The van der Waals surface area contributed by atoms with E-state index in [1.807, 2.05) is 0 Å². The monoisotopic (exact) mass is 515 g/mol. The highest BCUT2D eigenvalue weighted by atomic mass is 19.1. The highest BCUT2D eigenvalue weighted by Gasteiger charge is 2.34. The minimum atomic E-state index is -1.09. The van der Waals surface area contributed by atoms with Crippen LogP contribution in [0.4, 0.5) is 14.5 Å². The number of aliphatic carboxylic acids is 1. The smallest absolute Gasteiger partial charge is 0.308 e. The lowest BCUT2D eigenvalue weighted by Gasteiger charge is -2.24. The van der Waals surface area contributed by atoms with Crippen LogP contribution in [0.5, 0.6) is 5.75 Å². The van der Waals surface area contributed by atoms with Gasteiger partial charge >= 0.3 is 5.97 Å². The van der Waals surface area contributed by atoms with E-state index in [9.17, 15) is 28.3 Å². The summed E-state index contributed by atoms with van der Waals surface area (Å²) in [6, 6.07) is 7.89. The third-order valence-electron chi connectivity index (χ3n) is 6.92. The van der Waals surface area contributed by atoms with Crippen LogP contribution in [0.25, 0.3) is 0 Å². The van der Waals surface area contributed by atoms with E-state index in [1.54, 1.807) is 18.2 Å². The number of piperidine rings is 1. The molecule has 2 aliphatic heterocycles. The van der Waals surface area contributed by atoms with Gasteiger partial charge in [-0.15, -0.1) is 0 Å². The van der Waals surface area contributed by atoms with Gasteiger partial charge in [-0.2, -0.15) is 0 Å². The summed E-state index contributed by atoms with van der Waals surface area (Å²) in [5.41, 5.74) is 0.503. The van der Waals surface area contributed by atoms with Gasteiger partial charge in [0, 0.05) is 18.2 Å². The predicted molar refractivity (Wildman–Crippen MR) is 132 cm³/mol. The Morgan fingerprint density at radius 3 is 2.62 bits per heavy atom. The summed E-state index contributed by atoms with van der Waals surface area (Å²) in [6.45, 7) is 3.14. The van der Waals surface area contributed by atoms with Gasteiger partial charge in [0.1, 0.15) is 23.9 Å². The zero-order valence-electron chi connectivity index (χ0n) is 20.7. The summed E-state index contributed by atoms with van der Waals surface area (Å²) >= 11 is 0. The van der Waals surface area contributed by atoms with Crippen molar-refractivity contribution in [3.8, 4) is 5.75 Å². The Labute approximate surface area is 214 Å². The molecule has 1 unspecified atom stereocenters. The quantitative estimate of drug-likeness (QED) is 0.531. The lowest BCUT2D eigenvalue weighted by molar-refractivity contribution is -0.141. The first kappa shape index (κ1) is 26.5. The highest BCUT2D eigenvalue weighted by Crippen LogP contribution is 2.32. The molecule has 1 atom stereocenters. The maximum atomic E-state index is 14.4. The number of amides is 2. The number of nitrogens with zero attached hydrogens (tertiary/aromatic N) is 2. The lowest BCUT2D eigenvalue weighted by atomic mass is 9.95. The van der Waals surface area contributed by atoms with Crippen LogP contribution < -0.4 is 15.0 Å². The molecule has 2 heterocycles. The van der Waals surface area contributed by atoms with Crippen molar-refractivity contribution in [3.05, 3.63) is 59.2 Å². The van der Waals surface area contributed by atoms with Gasteiger partial charge < -0.3 is 25.0 Å². The van der Waals surface area contributed by atoms with Gasteiger partial charge in [-0.05, 0) is 62.5 Å². The summed E-state index contributed by atoms with van der Waals surface area (Å²) in [7, 11) is 0. The third-order valence-corrected chi connectivity index (χ3v) is 6.92. The van der Waals surface area contributed by atoms with Crippen LogP contribution in [0.2, 0.25) is 0 Å². The number of nitrogens with one attached hydrogen (secondary N) is 1. The van der Waals surface area contributed by atoms with E-state index in [-0.39, 0.29) is 36.4 Å². The summed E-state index contributed by atoms with van der Waals surface area (Å²) < 4.78 is 33.8. The summed E-state index contributed by atoms with van der Waals surface area (Å²) in [5, 5.41) is 12.7. The third kappa shape index (κ3) is 6.43. The van der Waals surface area contributed by atoms with Crippen molar-refractivity contribution >= 4 is 23.5 Å². The van der Waals surface area contributed by atoms with E-state index in [4.69, 9.17) is 4.74 Å². The number of carbonyl (C=O) groups excluding carboxylic acids is 2. The Morgan fingerprint density at radius 2 is 1.92 bits per heavy atom. The van der Waals surface area contributed by atoms with E-state index >= 15 is 0 Å². The fourth-order valence-electron chi connectivity index (χ4n) is 4.70. The molecule has 2 aliphatic rings. The number of benzene rings is 2. The molecule has 0 spiro atoms. The first-order valence-electron chi connectivity index (χ1n) is 12.5. The van der Waals surface area contributed by atoms with Crippen molar-refractivity contribution in [1.29, 1.82) is 0 Å². The van der Waals surface area contributed by atoms with Gasteiger partial charge in [0.05, 0.1) is 30.3 Å². The number of fused-ring (bicyclic) bond motifs is 1. The molecule has 8 nitrogen and oxygen atoms in total. The lowest BCUT2D eigenvalue weighted by Crippen LogP contribution is -2.42. The summed E-state index contributed by atoms with van der Waals surface area (Å²) in [6.07, 6.45) is 3.04. The van der Waals surface area contributed by atoms with Gasteiger partial charge in [0.25, 0.3) is 5.91 Å². The molecule has 4 rings (SSSR count). The molecule has 2 amide bonds. The number of anilines is 1. The van der Waals surface area contributed by atoms with Crippen molar-refractivity contribution in [2.75, 3.05) is 37.7 Å². The molecule has 0 saturated carbocycles. The molecule has 0 aromatic heterocycles. The minimum absolute atomic E-state index is 0.0859. The molecule has 37 heavy (non-hydrogen) atoms. The number of halogens is 2. The van der Waals surface area contributed by atoms with Crippen LogP contribution in [-0.4, -0.2) is 60.6 Å². The van der Waals surface area contributed by atoms with Crippen molar-refractivity contribution in [2.24, 2.45) is 11.8 Å². The predicted octanol–water partition coefficient (Wildman–Crippen LogP) is 3.44. The molecule has 10 heteroatoms. The highest BCUT2D eigenvalue weighted by molar-refractivity contribution is 6.10. The Hall–Kier alpha value is -3.53. The van der Waals surface area contributed by atoms with Crippen LogP contribution in [0, 0.1) is 23.5 Å². The van der Waals surface area contributed by atoms with Crippen molar-refractivity contribution in [1.82, 2.24) is 10.2 Å². The zero-order chi connectivity index (χ0) is 26.5. The molecule has 1 saturated heterocycles. The van der Waals surface area contributed by atoms with E-state index in [0.29, 0.717) is 18.3 Å². The van der Waals surface area contributed by atoms with Gasteiger partial charge in [-0.3, -0.25) is 14.4 Å². The van der Waals surface area contributed by atoms with Crippen LogP contribution in [0.1, 0.15) is 42.1 Å². The number of hydrogen-bond acceptors (Lipinski definition) is 5. The van der Waals surface area contributed by atoms with Gasteiger partial charge in [0.15, 0.2) is 0 Å². The topological polar surface area (TPSA) is 99.2 Å². The molecule has 1 fully saturated rings. The molecule has 2 aromatic rings. The molecule has 198 valence electrons. The Balaban J connectivity index is 1.61. The van der Waals surface area contributed by atoms with E-state index in [2.05, 4.69) is 5.32 Å². The molecular formula is C27H31F2N3O5. The van der Waals surface area contributed by atoms with E-state index in [0.717, 1.165) is 44.5 Å². The van der Waals surface area contributed by atoms with Gasteiger partial charge in [-0.1, -0.05) is 13.0 Å².